The molecule has 4 rings (SSSR count). The van der Waals surface area contributed by atoms with Crippen LogP contribution in [0, 0.1) is 0 Å². The number of esters is 1. The van der Waals surface area contributed by atoms with Crippen molar-refractivity contribution in [1.82, 2.24) is 5.32 Å². The van der Waals surface area contributed by atoms with E-state index in [4.69, 9.17) is 4.74 Å². The second-order valence-electron chi connectivity index (χ2n) is 7.61. The van der Waals surface area contributed by atoms with Crippen LogP contribution in [0.1, 0.15) is 55.8 Å². The summed E-state index contributed by atoms with van der Waals surface area (Å²) in [6.45, 7) is 2.42. The highest BCUT2D eigenvalue weighted by Crippen LogP contribution is 2.37. The Morgan fingerprint density at radius 1 is 1.22 bits per heavy atom. The number of ether oxygens (including phenoxy) is 1. The van der Waals surface area contributed by atoms with E-state index in [2.05, 4.69) is 15.5 Å². The van der Waals surface area contributed by atoms with Crippen LogP contribution in [0.5, 0.6) is 0 Å². The van der Waals surface area contributed by atoms with E-state index in [0.717, 1.165) is 50.8 Å². The summed E-state index contributed by atoms with van der Waals surface area (Å²) in [5.41, 5.74) is 1.88. The zero-order valence-electron chi connectivity index (χ0n) is 15.5. The lowest BCUT2D eigenvalue weighted by atomic mass is 10.1. The Hall–Kier alpha value is -2.57. The van der Waals surface area contributed by atoms with E-state index in [9.17, 15) is 14.4 Å². The second-order valence-corrected chi connectivity index (χ2v) is 7.61. The molecular formula is C20H25N3O4. The van der Waals surface area contributed by atoms with Crippen molar-refractivity contribution in [2.45, 2.75) is 63.6 Å². The average molecular weight is 371 g/mol. The van der Waals surface area contributed by atoms with E-state index in [-0.39, 0.29) is 23.9 Å². The van der Waals surface area contributed by atoms with Gasteiger partial charge < -0.3 is 20.3 Å². The Kier molecular flexibility index (Phi) is 4.76. The van der Waals surface area contributed by atoms with Gasteiger partial charge in [0.15, 0.2) is 6.10 Å². The normalized spacial score (nSPS) is 22.6. The topological polar surface area (TPSA) is 87.7 Å². The predicted molar refractivity (Wildman–Crippen MR) is 101 cm³/mol. The van der Waals surface area contributed by atoms with Crippen LogP contribution in [0.15, 0.2) is 18.2 Å². The van der Waals surface area contributed by atoms with E-state index in [0.29, 0.717) is 11.3 Å². The van der Waals surface area contributed by atoms with Gasteiger partial charge in [-0.2, -0.15) is 0 Å². The SMILES string of the molecule is C[C@@H](OC(=O)c1ccc2c(c1)NC(=O)[C@H]1CCCN21)C(=O)NC1CCCC1. The van der Waals surface area contributed by atoms with E-state index >= 15 is 0 Å². The minimum Gasteiger partial charge on any atom is -0.449 e. The van der Waals surface area contributed by atoms with Crippen LogP contribution in [0.2, 0.25) is 0 Å². The second kappa shape index (κ2) is 7.21. The van der Waals surface area contributed by atoms with Crippen molar-refractivity contribution in [3.05, 3.63) is 23.8 Å². The number of carbonyl (C=O) groups is 3. The molecule has 1 aromatic carbocycles. The van der Waals surface area contributed by atoms with Gasteiger partial charge in [0.2, 0.25) is 5.91 Å². The first kappa shape index (κ1) is 17.8. The standard InChI is InChI=1S/C20H25N3O4/c1-12(18(24)21-14-5-2-3-6-14)27-20(26)13-8-9-16-15(11-13)22-19(25)17-7-4-10-23(16)17/h8-9,11-12,14,17H,2-7,10H2,1H3,(H,21,24)(H,22,25)/t12-,17-/m1/s1. The predicted octanol–water partition coefficient (Wildman–Crippen LogP) is 2.21. The summed E-state index contributed by atoms with van der Waals surface area (Å²) in [6, 6.07) is 5.23. The third-order valence-electron chi connectivity index (χ3n) is 5.71. The molecule has 0 radical (unpaired) electrons. The summed E-state index contributed by atoms with van der Waals surface area (Å²) in [7, 11) is 0. The smallest absolute Gasteiger partial charge is 0.338 e. The summed E-state index contributed by atoms with van der Waals surface area (Å²) < 4.78 is 5.34. The Balaban J connectivity index is 1.42. The molecule has 2 aliphatic heterocycles. The lowest BCUT2D eigenvalue weighted by molar-refractivity contribution is -0.129. The Bertz CT molecular complexity index is 772. The number of hydrogen-bond acceptors (Lipinski definition) is 5. The van der Waals surface area contributed by atoms with Gasteiger partial charge in [-0.25, -0.2) is 4.79 Å². The zero-order valence-corrected chi connectivity index (χ0v) is 15.5. The van der Waals surface area contributed by atoms with Gasteiger partial charge in [0.1, 0.15) is 6.04 Å². The molecule has 2 atom stereocenters. The number of carbonyl (C=O) groups excluding carboxylic acids is 3. The zero-order chi connectivity index (χ0) is 19.0. The minimum atomic E-state index is -0.855. The van der Waals surface area contributed by atoms with Crippen molar-refractivity contribution in [2.24, 2.45) is 0 Å². The molecule has 27 heavy (non-hydrogen) atoms. The quantitative estimate of drug-likeness (QED) is 0.793. The lowest BCUT2D eigenvalue weighted by Gasteiger charge is -2.33. The summed E-state index contributed by atoms with van der Waals surface area (Å²) >= 11 is 0. The van der Waals surface area contributed by atoms with Crippen molar-refractivity contribution in [2.75, 3.05) is 16.8 Å². The van der Waals surface area contributed by atoms with Crippen molar-refractivity contribution in [3.8, 4) is 0 Å². The van der Waals surface area contributed by atoms with Crippen molar-refractivity contribution in [1.29, 1.82) is 0 Å². The molecule has 0 spiro atoms. The van der Waals surface area contributed by atoms with E-state index in [1.54, 1.807) is 19.1 Å². The van der Waals surface area contributed by atoms with Crippen LogP contribution in [0.3, 0.4) is 0 Å². The fraction of sp³-hybridized carbons (Fsp3) is 0.550. The summed E-state index contributed by atoms with van der Waals surface area (Å²) in [6.07, 6.45) is 5.18. The number of nitrogens with zero attached hydrogens (tertiary/aromatic N) is 1. The number of fused-ring (bicyclic) bond motifs is 3. The summed E-state index contributed by atoms with van der Waals surface area (Å²) in [5.74, 6) is -0.860. The van der Waals surface area contributed by atoms with Gasteiger partial charge in [0.05, 0.1) is 16.9 Å². The third-order valence-corrected chi connectivity index (χ3v) is 5.71. The molecule has 2 amide bonds. The number of nitrogens with one attached hydrogen (secondary N) is 2. The van der Waals surface area contributed by atoms with Crippen molar-refractivity contribution in [3.63, 3.8) is 0 Å². The molecule has 0 bridgehead atoms. The third kappa shape index (κ3) is 3.50. The first-order valence-corrected chi connectivity index (χ1v) is 9.76. The highest BCUT2D eigenvalue weighted by atomic mass is 16.5. The van der Waals surface area contributed by atoms with Gasteiger partial charge in [-0.3, -0.25) is 9.59 Å². The minimum absolute atomic E-state index is 0.0326. The molecule has 2 fully saturated rings. The van der Waals surface area contributed by atoms with E-state index in [1.807, 2.05) is 6.07 Å². The van der Waals surface area contributed by atoms with E-state index < -0.39 is 12.1 Å². The number of anilines is 2. The summed E-state index contributed by atoms with van der Waals surface area (Å²) in [5, 5.41) is 5.82. The number of rotatable bonds is 4. The Labute approximate surface area is 158 Å². The maximum atomic E-state index is 12.5. The van der Waals surface area contributed by atoms with Gasteiger partial charge in [-0.05, 0) is 50.8 Å². The molecule has 1 saturated carbocycles. The van der Waals surface area contributed by atoms with E-state index in [1.165, 1.54) is 0 Å². The molecule has 7 nitrogen and oxygen atoms in total. The first-order valence-electron chi connectivity index (χ1n) is 9.76. The van der Waals surface area contributed by atoms with Gasteiger partial charge >= 0.3 is 5.97 Å². The maximum Gasteiger partial charge on any atom is 0.338 e. The van der Waals surface area contributed by atoms with Gasteiger partial charge in [-0.1, -0.05) is 12.8 Å². The van der Waals surface area contributed by atoms with Crippen LogP contribution in [-0.4, -0.2) is 42.5 Å². The molecule has 1 aromatic rings. The number of hydrogen-bond donors (Lipinski definition) is 2. The van der Waals surface area contributed by atoms with Gasteiger partial charge in [0.25, 0.3) is 5.91 Å². The monoisotopic (exact) mass is 371 g/mol. The van der Waals surface area contributed by atoms with Crippen LogP contribution in [0.25, 0.3) is 0 Å². The molecule has 1 aliphatic carbocycles. The Morgan fingerprint density at radius 3 is 2.78 bits per heavy atom. The van der Waals surface area contributed by atoms with Crippen LogP contribution in [-0.2, 0) is 14.3 Å². The lowest BCUT2D eigenvalue weighted by Crippen LogP contribution is -2.44. The van der Waals surface area contributed by atoms with Gasteiger partial charge in [-0.15, -0.1) is 0 Å². The number of benzene rings is 1. The molecular weight excluding hydrogens is 346 g/mol. The highest BCUT2D eigenvalue weighted by molar-refractivity contribution is 6.05. The molecule has 144 valence electrons. The maximum absolute atomic E-state index is 12.5. The molecule has 0 aromatic heterocycles. The average Bonchev–Trinajstić information content (AvgIpc) is 3.33. The van der Waals surface area contributed by atoms with Crippen LogP contribution in [0.4, 0.5) is 11.4 Å². The fourth-order valence-corrected chi connectivity index (χ4v) is 4.23. The molecule has 7 heteroatoms. The Morgan fingerprint density at radius 2 is 2.00 bits per heavy atom. The molecule has 2 N–H and O–H groups in total. The fourth-order valence-electron chi connectivity index (χ4n) is 4.23. The molecule has 2 heterocycles. The van der Waals surface area contributed by atoms with Gasteiger partial charge in [0, 0.05) is 12.6 Å². The largest absolute Gasteiger partial charge is 0.449 e. The number of amides is 2. The summed E-state index contributed by atoms with van der Waals surface area (Å²) in [4.78, 5) is 39.0. The van der Waals surface area contributed by atoms with Crippen LogP contribution >= 0.6 is 0 Å². The molecule has 3 aliphatic rings. The molecule has 1 saturated heterocycles. The first-order chi connectivity index (χ1) is 13.0. The molecule has 0 unspecified atom stereocenters. The van der Waals surface area contributed by atoms with Crippen molar-refractivity contribution < 1.29 is 19.1 Å². The van der Waals surface area contributed by atoms with Crippen molar-refractivity contribution >= 4 is 29.2 Å². The van der Waals surface area contributed by atoms with Crippen LogP contribution < -0.4 is 15.5 Å². The highest BCUT2D eigenvalue weighted by Gasteiger charge is 2.36.